The number of aliphatic hydroxyl groups excluding tert-OH is 6. The predicted molar refractivity (Wildman–Crippen MR) is 206 cm³/mol. The number of hydrogen-bond acceptors (Lipinski definition) is 20. The highest BCUT2D eigenvalue weighted by atomic mass is 16.7. The van der Waals surface area contributed by atoms with Crippen LogP contribution in [-0.4, -0.2) is 149 Å². The van der Waals surface area contributed by atoms with Crippen LogP contribution in [0.2, 0.25) is 0 Å². The van der Waals surface area contributed by atoms with Gasteiger partial charge in [-0.3, -0.25) is 0 Å². The summed E-state index contributed by atoms with van der Waals surface area (Å²) in [6.45, 7) is -1.20. The minimum Gasteiger partial charge on any atom is -0.508 e. The van der Waals surface area contributed by atoms with Gasteiger partial charge in [0.1, 0.15) is 83.3 Å². The lowest BCUT2D eigenvalue weighted by atomic mass is 9.93. The molecular weight excluding hydrogens is 824 g/mol. The number of fused-ring (bicyclic) bond motifs is 2. The number of phenolic OH excluding ortho intramolecular Hbond substituents is 6. The molecule has 4 aromatic rings. The summed E-state index contributed by atoms with van der Waals surface area (Å²) in [5.41, 5.74) is 1.37. The van der Waals surface area contributed by atoms with Crippen LogP contribution in [-0.2, 0) is 31.8 Å². The van der Waals surface area contributed by atoms with E-state index in [9.17, 15) is 61.3 Å². The second kappa shape index (κ2) is 17.7. The zero-order chi connectivity index (χ0) is 44.0. The van der Waals surface area contributed by atoms with Gasteiger partial charge in [0.05, 0.1) is 38.6 Å². The van der Waals surface area contributed by atoms with E-state index in [1.165, 1.54) is 60.7 Å². The van der Waals surface area contributed by atoms with Crippen molar-refractivity contribution in [3.8, 4) is 57.5 Å². The number of phenols is 6. The quantitative estimate of drug-likeness (QED) is 0.0716. The van der Waals surface area contributed by atoms with E-state index in [0.29, 0.717) is 22.3 Å². The molecule has 4 heterocycles. The molecule has 0 aliphatic carbocycles. The van der Waals surface area contributed by atoms with Crippen LogP contribution in [0.4, 0.5) is 0 Å². The first-order chi connectivity index (χ1) is 29.6. The largest absolute Gasteiger partial charge is 0.508 e. The Bertz CT molecular complexity index is 2080. The van der Waals surface area contributed by atoms with Crippen LogP contribution in [0, 0.1) is 0 Å². The molecule has 62 heavy (non-hydrogen) atoms. The van der Waals surface area contributed by atoms with Crippen molar-refractivity contribution < 1.29 is 99.2 Å². The fraction of sp³-hybridized carbons (Fsp3) is 0.429. The maximum atomic E-state index is 11.2. The van der Waals surface area contributed by atoms with Crippen molar-refractivity contribution in [1.29, 1.82) is 0 Å². The monoisotopic (exact) mass is 870 g/mol. The average molecular weight is 871 g/mol. The number of benzene rings is 4. The molecule has 12 N–H and O–H groups in total. The summed E-state index contributed by atoms with van der Waals surface area (Å²) in [4.78, 5) is 0. The standard InChI is InChI=1S/C42H46O20/c43-19-9-31-21(13-27(49)37(59-31)17-1-3-23(45)25(47)7-17)33(11-19)61-41-35(53)39(29(51)15-57-41)55-5-6-56-40-30(52)16-58-42(36(40)54)62-34-12-20(44)10-32-22(34)14-28(50)38(60-32)18-2-4-24(46)26(48)8-18/h1-4,7-12,27-30,35-54H,5-6,13-16H2. The Morgan fingerprint density at radius 3 is 1.27 bits per heavy atom. The second-order valence-electron chi connectivity index (χ2n) is 15.4. The topological polar surface area (TPSA) is 317 Å². The molecule has 4 aliphatic rings. The van der Waals surface area contributed by atoms with E-state index in [4.69, 9.17) is 37.9 Å². The summed E-state index contributed by atoms with van der Waals surface area (Å²) in [7, 11) is 0. The van der Waals surface area contributed by atoms with Crippen LogP contribution in [0.3, 0.4) is 0 Å². The van der Waals surface area contributed by atoms with Gasteiger partial charge in [0.2, 0.25) is 12.6 Å². The summed E-state index contributed by atoms with van der Waals surface area (Å²) >= 11 is 0. The first-order valence-electron chi connectivity index (χ1n) is 19.6. The molecule has 4 aromatic carbocycles. The molecule has 12 atom stereocenters. The Morgan fingerprint density at radius 1 is 0.484 bits per heavy atom. The van der Waals surface area contributed by atoms with Gasteiger partial charge >= 0.3 is 0 Å². The molecule has 0 bridgehead atoms. The van der Waals surface area contributed by atoms with Gasteiger partial charge in [-0.2, -0.15) is 0 Å². The third kappa shape index (κ3) is 8.75. The maximum absolute atomic E-state index is 11.2. The Balaban J connectivity index is 0.874. The predicted octanol–water partition coefficient (Wildman–Crippen LogP) is 0.379. The molecule has 0 saturated carbocycles. The first-order valence-corrected chi connectivity index (χ1v) is 19.6. The van der Waals surface area contributed by atoms with Gasteiger partial charge < -0.3 is 99.2 Å². The molecule has 20 nitrogen and oxygen atoms in total. The molecule has 0 radical (unpaired) electrons. The Labute approximate surface area is 352 Å². The lowest BCUT2D eigenvalue weighted by molar-refractivity contribution is -0.265. The van der Waals surface area contributed by atoms with Crippen LogP contribution < -0.4 is 18.9 Å². The average Bonchev–Trinajstić information content (AvgIpc) is 3.22. The number of rotatable bonds is 11. The molecule has 334 valence electrons. The molecule has 2 fully saturated rings. The summed E-state index contributed by atoms with van der Waals surface area (Å²) in [5.74, 6) is -1.80. The highest BCUT2D eigenvalue weighted by Crippen LogP contribution is 2.46. The molecule has 0 aromatic heterocycles. The highest BCUT2D eigenvalue weighted by molar-refractivity contribution is 5.54. The van der Waals surface area contributed by atoms with Crippen molar-refractivity contribution in [2.24, 2.45) is 0 Å². The van der Waals surface area contributed by atoms with Gasteiger partial charge in [-0.15, -0.1) is 0 Å². The highest BCUT2D eigenvalue weighted by Gasteiger charge is 2.44. The normalized spacial score (nSPS) is 30.6. The van der Waals surface area contributed by atoms with Crippen molar-refractivity contribution in [2.75, 3.05) is 26.4 Å². The fourth-order valence-electron chi connectivity index (χ4n) is 7.90. The number of hydrogen-bond donors (Lipinski definition) is 12. The van der Waals surface area contributed by atoms with E-state index in [1.54, 1.807) is 0 Å². The van der Waals surface area contributed by atoms with Crippen molar-refractivity contribution in [3.05, 3.63) is 82.9 Å². The third-order valence-electron chi connectivity index (χ3n) is 11.0. The number of ether oxygens (including phenoxy) is 8. The van der Waals surface area contributed by atoms with Crippen molar-refractivity contribution >= 4 is 0 Å². The number of aliphatic hydroxyl groups is 6. The molecule has 12 unspecified atom stereocenters. The molecule has 0 spiro atoms. The van der Waals surface area contributed by atoms with Crippen LogP contribution in [0.1, 0.15) is 34.5 Å². The van der Waals surface area contributed by atoms with Crippen LogP contribution in [0.25, 0.3) is 0 Å². The second-order valence-corrected chi connectivity index (χ2v) is 15.4. The van der Waals surface area contributed by atoms with E-state index in [-0.39, 0.29) is 85.3 Å². The first kappa shape index (κ1) is 43.1. The Kier molecular flexibility index (Phi) is 12.3. The zero-order valence-electron chi connectivity index (χ0n) is 32.6. The number of aromatic hydroxyl groups is 6. The molecule has 0 amide bonds. The SMILES string of the molecule is Oc1cc(OC2OCC(O)C(OCCOC3C(O)COC(Oc4cc(O)cc5c4CC(O)C(c4ccc(O)c(O)c4)O5)C3O)C2O)c2c(c1)OC(c1ccc(O)c(O)c1)C(O)C2. The third-order valence-corrected chi connectivity index (χ3v) is 11.0. The van der Waals surface area contributed by atoms with Crippen molar-refractivity contribution in [1.82, 2.24) is 0 Å². The molecule has 2 saturated heterocycles. The van der Waals surface area contributed by atoms with Gasteiger partial charge in [-0.25, -0.2) is 0 Å². The zero-order valence-corrected chi connectivity index (χ0v) is 32.6. The maximum Gasteiger partial charge on any atom is 0.228 e. The minimum atomic E-state index is -1.60. The Morgan fingerprint density at radius 2 is 0.887 bits per heavy atom. The van der Waals surface area contributed by atoms with Crippen molar-refractivity contribution in [3.63, 3.8) is 0 Å². The van der Waals surface area contributed by atoms with E-state index < -0.39 is 85.1 Å². The smallest absolute Gasteiger partial charge is 0.228 e. The minimum absolute atomic E-state index is 0.00203. The van der Waals surface area contributed by atoms with Crippen LogP contribution in [0.15, 0.2) is 60.7 Å². The van der Waals surface area contributed by atoms with E-state index in [2.05, 4.69) is 0 Å². The summed E-state index contributed by atoms with van der Waals surface area (Å²) in [6, 6.07) is 13.0. The molecule has 8 rings (SSSR count). The molecular formula is C42H46O20. The Hall–Kier alpha value is -5.52. The van der Waals surface area contributed by atoms with Crippen LogP contribution >= 0.6 is 0 Å². The van der Waals surface area contributed by atoms with Gasteiger partial charge in [0, 0.05) is 48.2 Å². The van der Waals surface area contributed by atoms with Gasteiger partial charge in [0.25, 0.3) is 0 Å². The summed E-state index contributed by atoms with van der Waals surface area (Å²) < 4.78 is 46.5. The fourth-order valence-corrected chi connectivity index (χ4v) is 7.90. The van der Waals surface area contributed by atoms with E-state index >= 15 is 0 Å². The lowest BCUT2D eigenvalue weighted by Crippen LogP contribution is -2.57. The van der Waals surface area contributed by atoms with Gasteiger partial charge in [-0.05, 0) is 35.4 Å². The summed E-state index contributed by atoms with van der Waals surface area (Å²) in [5, 5.41) is 126. The summed E-state index contributed by atoms with van der Waals surface area (Å²) in [6.07, 6.45) is -15.6. The molecule has 4 aliphatic heterocycles. The lowest BCUT2D eigenvalue weighted by Gasteiger charge is -2.39. The van der Waals surface area contributed by atoms with Crippen molar-refractivity contribution in [2.45, 2.75) is 86.5 Å². The van der Waals surface area contributed by atoms with Gasteiger partial charge in [-0.1, -0.05) is 12.1 Å². The van der Waals surface area contributed by atoms with E-state index in [0.717, 1.165) is 0 Å². The molecule has 20 heteroatoms. The van der Waals surface area contributed by atoms with Gasteiger partial charge in [0.15, 0.2) is 23.0 Å². The van der Waals surface area contributed by atoms with E-state index in [1.807, 2.05) is 0 Å². The van der Waals surface area contributed by atoms with Crippen LogP contribution in [0.5, 0.6) is 57.5 Å².